The van der Waals surface area contributed by atoms with Gasteiger partial charge in [0, 0.05) is 28.3 Å². The molecule has 0 saturated carbocycles. The molecule has 0 aliphatic carbocycles. The van der Waals surface area contributed by atoms with Crippen molar-refractivity contribution in [3.05, 3.63) is 62.7 Å². The Morgan fingerprint density at radius 2 is 1.88 bits per heavy atom. The van der Waals surface area contributed by atoms with Gasteiger partial charge in [-0.1, -0.05) is 6.07 Å². The van der Waals surface area contributed by atoms with Gasteiger partial charge in [0.2, 0.25) is 5.91 Å². The van der Waals surface area contributed by atoms with Crippen LogP contribution < -0.4 is 10.6 Å². The molecule has 0 aliphatic heterocycles. The van der Waals surface area contributed by atoms with Crippen LogP contribution >= 0.6 is 22.6 Å². The highest BCUT2D eigenvalue weighted by molar-refractivity contribution is 14.1. The van der Waals surface area contributed by atoms with Gasteiger partial charge in [-0.15, -0.1) is 0 Å². The van der Waals surface area contributed by atoms with Gasteiger partial charge in [-0.25, -0.2) is 8.78 Å². The SMILES string of the molecule is Cc1ccc(NC(=O)CCCNC(=O)c2ccc(F)cc2F)cc1I. The van der Waals surface area contributed by atoms with Crippen LogP contribution in [0.25, 0.3) is 0 Å². The number of carbonyl (C=O) groups is 2. The number of halogens is 3. The summed E-state index contributed by atoms with van der Waals surface area (Å²) in [6, 6.07) is 8.40. The number of hydrogen-bond acceptors (Lipinski definition) is 2. The molecular weight excluding hydrogens is 441 g/mol. The quantitative estimate of drug-likeness (QED) is 0.508. The summed E-state index contributed by atoms with van der Waals surface area (Å²) in [6.45, 7) is 2.20. The third kappa shape index (κ3) is 5.77. The Morgan fingerprint density at radius 1 is 1.12 bits per heavy atom. The van der Waals surface area contributed by atoms with E-state index in [1.165, 1.54) is 0 Å². The molecule has 7 heteroatoms. The lowest BCUT2D eigenvalue weighted by atomic mass is 10.2. The van der Waals surface area contributed by atoms with Crippen LogP contribution in [0.5, 0.6) is 0 Å². The van der Waals surface area contributed by atoms with E-state index < -0.39 is 17.5 Å². The summed E-state index contributed by atoms with van der Waals surface area (Å²) in [7, 11) is 0. The smallest absolute Gasteiger partial charge is 0.254 e. The predicted molar refractivity (Wildman–Crippen MR) is 100 cm³/mol. The molecule has 2 amide bonds. The zero-order chi connectivity index (χ0) is 18.4. The van der Waals surface area contributed by atoms with Crippen LogP contribution in [-0.2, 0) is 4.79 Å². The molecule has 0 unspecified atom stereocenters. The Morgan fingerprint density at radius 3 is 2.56 bits per heavy atom. The predicted octanol–water partition coefficient (Wildman–Crippen LogP) is 4.03. The van der Waals surface area contributed by atoms with Gasteiger partial charge in [0.1, 0.15) is 11.6 Å². The molecule has 0 atom stereocenters. The van der Waals surface area contributed by atoms with Gasteiger partial charge in [0.15, 0.2) is 0 Å². The second kappa shape index (κ2) is 8.89. The summed E-state index contributed by atoms with van der Waals surface area (Å²) < 4.78 is 27.4. The summed E-state index contributed by atoms with van der Waals surface area (Å²) >= 11 is 2.20. The molecule has 132 valence electrons. The number of aryl methyl sites for hydroxylation is 1. The normalized spacial score (nSPS) is 10.4. The van der Waals surface area contributed by atoms with Crippen molar-refractivity contribution in [2.24, 2.45) is 0 Å². The lowest BCUT2D eigenvalue weighted by Gasteiger charge is -2.08. The Bertz CT molecular complexity index is 797. The second-order valence-corrected chi connectivity index (χ2v) is 6.66. The van der Waals surface area contributed by atoms with E-state index in [4.69, 9.17) is 0 Å². The zero-order valence-corrected chi connectivity index (χ0v) is 15.7. The standard InChI is InChI=1S/C18H17F2IN2O2/c1-11-4-6-13(10-16(11)21)23-17(24)3-2-8-22-18(25)14-7-5-12(19)9-15(14)20/h4-7,9-10H,2-3,8H2,1H3,(H,22,25)(H,23,24). The third-order valence-electron chi connectivity index (χ3n) is 3.50. The third-order valence-corrected chi connectivity index (χ3v) is 4.66. The van der Waals surface area contributed by atoms with Gasteiger partial charge < -0.3 is 10.6 Å². The molecular formula is C18H17F2IN2O2. The van der Waals surface area contributed by atoms with E-state index >= 15 is 0 Å². The molecule has 2 rings (SSSR count). The Hall–Kier alpha value is -2.03. The molecule has 0 heterocycles. The van der Waals surface area contributed by atoms with Crippen LogP contribution in [0.4, 0.5) is 14.5 Å². The number of rotatable bonds is 6. The first kappa shape index (κ1) is 19.3. The highest BCUT2D eigenvalue weighted by Gasteiger charge is 2.12. The maximum Gasteiger partial charge on any atom is 0.254 e. The molecule has 25 heavy (non-hydrogen) atoms. The molecule has 4 nitrogen and oxygen atoms in total. The van der Waals surface area contributed by atoms with Crippen LogP contribution in [0.1, 0.15) is 28.8 Å². The van der Waals surface area contributed by atoms with Crippen LogP contribution in [-0.4, -0.2) is 18.4 Å². The number of benzene rings is 2. The van der Waals surface area contributed by atoms with Crippen molar-refractivity contribution in [1.29, 1.82) is 0 Å². The minimum absolute atomic E-state index is 0.165. The zero-order valence-electron chi connectivity index (χ0n) is 13.5. The van der Waals surface area contributed by atoms with Gasteiger partial charge >= 0.3 is 0 Å². The number of anilines is 1. The molecule has 2 N–H and O–H groups in total. The first-order valence-electron chi connectivity index (χ1n) is 7.66. The summed E-state index contributed by atoms with van der Waals surface area (Å²) in [5.41, 5.74) is 1.63. The largest absolute Gasteiger partial charge is 0.352 e. The average molecular weight is 458 g/mol. The maximum absolute atomic E-state index is 13.5. The van der Waals surface area contributed by atoms with Crippen molar-refractivity contribution in [3.8, 4) is 0 Å². The summed E-state index contributed by atoms with van der Waals surface area (Å²) in [4.78, 5) is 23.7. The molecule has 0 aromatic heterocycles. The summed E-state index contributed by atoms with van der Waals surface area (Å²) in [5.74, 6) is -2.45. The second-order valence-electron chi connectivity index (χ2n) is 5.50. The Kier molecular flexibility index (Phi) is 6.86. The molecule has 0 radical (unpaired) electrons. The Balaban J connectivity index is 1.75. The van der Waals surface area contributed by atoms with E-state index in [9.17, 15) is 18.4 Å². The van der Waals surface area contributed by atoms with Gasteiger partial charge in [0.25, 0.3) is 5.91 Å². The molecule has 0 saturated heterocycles. The lowest BCUT2D eigenvalue weighted by molar-refractivity contribution is -0.116. The Labute approximate surface area is 158 Å². The fraction of sp³-hybridized carbons (Fsp3) is 0.222. The van der Waals surface area contributed by atoms with Crippen molar-refractivity contribution in [2.45, 2.75) is 19.8 Å². The molecule has 0 bridgehead atoms. The maximum atomic E-state index is 13.5. The molecule has 2 aromatic carbocycles. The average Bonchev–Trinajstić information content (AvgIpc) is 2.55. The van der Waals surface area contributed by atoms with Crippen molar-refractivity contribution in [1.82, 2.24) is 5.32 Å². The van der Waals surface area contributed by atoms with Crippen molar-refractivity contribution in [2.75, 3.05) is 11.9 Å². The fourth-order valence-corrected chi connectivity index (χ4v) is 2.63. The van der Waals surface area contributed by atoms with E-state index in [1.807, 2.05) is 25.1 Å². The first-order valence-corrected chi connectivity index (χ1v) is 8.74. The van der Waals surface area contributed by atoms with Crippen LogP contribution in [0.15, 0.2) is 36.4 Å². The highest BCUT2D eigenvalue weighted by Crippen LogP contribution is 2.17. The van der Waals surface area contributed by atoms with Crippen LogP contribution in [0.2, 0.25) is 0 Å². The van der Waals surface area contributed by atoms with Crippen LogP contribution in [0, 0.1) is 22.1 Å². The topological polar surface area (TPSA) is 58.2 Å². The minimum Gasteiger partial charge on any atom is -0.352 e. The summed E-state index contributed by atoms with van der Waals surface area (Å²) in [5, 5.41) is 5.30. The monoisotopic (exact) mass is 458 g/mol. The van der Waals surface area contributed by atoms with E-state index in [0.29, 0.717) is 12.5 Å². The number of nitrogens with one attached hydrogen (secondary N) is 2. The summed E-state index contributed by atoms with van der Waals surface area (Å²) in [6.07, 6.45) is 0.625. The van der Waals surface area contributed by atoms with Crippen LogP contribution in [0.3, 0.4) is 0 Å². The van der Waals surface area contributed by atoms with Crippen molar-refractivity contribution < 1.29 is 18.4 Å². The molecule has 2 aromatic rings. The molecule has 0 spiro atoms. The van der Waals surface area contributed by atoms with E-state index in [0.717, 1.165) is 27.0 Å². The lowest BCUT2D eigenvalue weighted by Crippen LogP contribution is -2.26. The molecule has 0 aliphatic rings. The minimum atomic E-state index is -0.913. The van der Waals surface area contributed by atoms with E-state index in [-0.39, 0.29) is 24.4 Å². The highest BCUT2D eigenvalue weighted by atomic mass is 127. The van der Waals surface area contributed by atoms with Gasteiger partial charge in [0.05, 0.1) is 5.56 Å². The fourth-order valence-electron chi connectivity index (χ4n) is 2.11. The van der Waals surface area contributed by atoms with Gasteiger partial charge in [-0.05, 0) is 65.8 Å². The number of carbonyl (C=O) groups excluding carboxylic acids is 2. The van der Waals surface area contributed by atoms with Crippen molar-refractivity contribution in [3.63, 3.8) is 0 Å². The van der Waals surface area contributed by atoms with E-state index in [1.54, 1.807) is 0 Å². The van der Waals surface area contributed by atoms with Gasteiger partial charge in [-0.2, -0.15) is 0 Å². The van der Waals surface area contributed by atoms with Gasteiger partial charge in [-0.3, -0.25) is 9.59 Å². The first-order chi connectivity index (χ1) is 11.9. The van der Waals surface area contributed by atoms with E-state index in [2.05, 4.69) is 33.2 Å². The van der Waals surface area contributed by atoms with Crippen molar-refractivity contribution >= 4 is 40.1 Å². The number of hydrogen-bond donors (Lipinski definition) is 2. The molecule has 0 fully saturated rings. The number of amides is 2.